The van der Waals surface area contributed by atoms with Gasteiger partial charge in [-0.1, -0.05) is 5.10 Å². The lowest BCUT2D eigenvalue weighted by Crippen LogP contribution is -2.46. The zero-order valence-electron chi connectivity index (χ0n) is 11.8. The Morgan fingerprint density at radius 1 is 1.45 bits per heavy atom. The van der Waals surface area contributed by atoms with Crippen LogP contribution < -0.4 is 10.6 Å². The molecule has 7 heteroatoms. The number of anilines is 1. The fourth-order valence-electron chi connectivity index (χ4n) is 3.23. The summed E-state index contributed by atoms with van der Waals surface area (Å²) in [6.07, 6.45) is 4.79. The van der Waals surface area contributed by atoms with Gasteiger partial charge in [0, 0.05) is 19.0 Å². The third-order valence-electron chi connectivity index (χ3n) is 4.10. The molecule has 3 heterocycles. The van der Waals surface area contributed by atoms with Crippen LogP contribution in [0.5, 0.6) is 0 Å². The fraction of sp³-hybridized carbons (Fsp3) is 0.769. The number of aromatic nitrogens is 2. The molecule has 2 saturated heterocycles. The first-order valence-corrected chi connectivity index (χ1v) is 7.30. The van der Waals surface area contributed by atoms with E-state index in [9.17, 15) is 4.79 Å². The summed E-state index contributed by atoms with van der Waals surface area (Å²) in [7, 11) is 0. The molecule has 0 spiro atoms. The lowest BCUT2D eigenvalue weighted by Gasteiger charge is -2.28. The average molecular weight is 279 g/mol. The van der Waals surface area contributed by atoms with Crippen molar-refractivity contribution < 1.29 is 9.21 Å². The van der Waals surface area contributed by atoms with Crippen LogP contribution in [-0.4, -0.2) is 52.7 Å². The number of hydrogen-bond acceptors (Lipinski definition) is 6. The summed E-state index contributed by atoms with van der Waals surface area (Å²) in [5.41, 5.74) is 0. The molecule has 7 nitrogen and oxygen atoms in total. The van der Waals surface area contributed by atoms with Gasteiger partial charge in [0.05, 0.1) is 6.54 Å². The molecule has 1 aromatic rings. The van der Waals surface area contributed by atoms with Gasteiger partial charge in [-0.3, -0.25) is 15.0 Å². The summed E-state index contributed by atoms with van der Waals surface area (Å²) in [5.74, 6) is 0.369. The lowest BCUT2D eigenvalue weighted by molar-refractivity contribution is -0.117. The van der Waals surface area contributed by atoms with Crippen molar-refractivity contribution in [1.29, 1.82) is 0 Å². The summed E-state index contributed by atoms with van der Waals surface area (Å²) < 4.78 is 5.16. The standard InChI is InChI=1S/C13H21N5O2/c1-9-16-17-13(20-9)15-12(19)8-18-7-3-5-11(18)10-4-2-6-14-10/h10-11,14H,2-8H2,1H3,(H,15,17,19). The first-order valence-electron chi connectivity index (χ1n) is 7.30. The Morgan fingerprint density at radius 3 is 3.05 bits per heavy atom. The van der Waals surface area contributed by atoms with E-state index in [1.54, 1.807) is 6.92 Å². The monoisotopic (exact) mass is 279 g/mol. The number of likely N-dealkylation sites (tertiary alicyclic amines) is 1. The zero-order valence-corrected chi connectivity index (χ0v) is 11.8. The lowest BCUT2D eigenvalue weighted by atomic mass is 10.0. The minimum atomic E-state index is -0.0847. The number of carbonyl (C=O) groups is 1. The molecule has 0 bridgehead atoms. The summed E-state index contributed by atoms with van der Waals surface area (Å²) in [5, 5.41) is 13.7. The first-order chi connectivity index (χ1) is 9.72. The van der Waals surface area contributed by atoms with Gasteiger partial charge in [-0.05, 0) is 38.8 Å². The van der Waals surface area contributed by atoms with Gasteiger partial charge in [0.1, 0.15) is 0 Å². The molecule has 0 aromatic carbocycles. The molecule has 2 atom stereocenters. The van der Waals surface area contributed by atoms with E-state index in [4.69, 9.17) is 4.42 Å². The highest BCUT2D eigenvalue weighted by Crippen LogP contribution is 2.24. The van der Waals surface area contributed by atoms with E-state index in [-0.39, 0.29) is 11.9 Å². The Kier molecular flexibility index (Phi) is 3.98. The van der Waals surface area contributed by atoms with E-state index < -0.39 is 0 Å². The number of aryl methyl sites for hydroxylation is 1. The second kappa shape index (κ2) is 5.88. The number of nitrogens with one attached hydrogen (secondary N) is 2. The van der Waals surface area contributed by atoms with Gasteiger partial charge in [-0.15, -0.1) is 5.10 Å². The van der Waals surface area contributed by atoms with Gasteiger partial charge in [0.15, 0.2) is 0 Å². The topological polar surface area (TPSA) is 83.3 Å². The summed E-state index contributed by atoms with van der Waals surface area (Å²) >= 11 is 0. The van der Waals surface area contributed by atoms with Gasteiger partial charge in [0.2, 0.25) is 11.8 Å². The summed E-state index contributed by atoms with van der Waals surface area (Å²) in [4.78, 5) is 14.3. The van der Waals surface area contributed by atoms with Crippen LogP contribution in [0, 0.1) is 6.92 Å². The summed E-state index contributed by atoms with van der Waals surface area (Å²) in [6.45, 7) is 4.18. The van der Waals surface area contributed by atoms with Crippen LogP contribution in [0.1, 0.15) is 31.6 Å². The van der Waals surface area contributed by atoms with Crippen molar-refractivity contribution >= 4 is 11.9 Å². The quantitative estimate of drug-likeness (QED) is 0.836. The van der Waals surface area contributed by atoms with Gasteiger partial charge < -0.3 is 9.73 Å². The van der Waals surface area contributed by atoms with Gasteiger partial charge >= 0.3 is 6.01 Å². The third kappa shape index (κ3) is 2.99. The van der Waals surface area contributed by atoms with E-state index in [1.807, 2.05) is 0 Å². The van der Waals surface area contributed by atoms with Crippen molar-refractivity contribution in [3.05, 3.63) is 5.89 Å². The average Bonchev–Trinajstić information content (AvgIpc) is 3.10. The molecule has 110 valence electrons. The zero-order chi connectivity index (χ0) is 13.9. The predicted octanol–water partition coefficient (Wildman–Crippen LogP) is 0.533. The maximum absolute atomic E-state index is 12.0. The molecule has 2 aliphatic heterocycles. The Labute approximate surface area is 118 Å². The molecule has 0 saturated carbocycles. The van der Waals surface area contributed by atoms with Crippen LogP contribution >= 0.6 is 0 Å². The normalized spacial score (nSPS) is 27.1. The number of carbonyl (C=O) groups excluding carboxylic acids is 1. The molecular weight excluding hydrogens is 258 g/mol. The molecule has 1 aromatic heterocycles. The first kappa shape index (κ1) is 13.5. The second-order valence-electron chi connectivity index (χ2n) is 5.56. The minimum absolute atomic E-state index is 0.0847. The van der Waals surface area contributed by atoms with E-state index in [0.29, 0.717) is 24.5 Å². The molecule has 1 amide bonds. The van der Waals surface area contributed by atoms with Crippen LogP contribution in [0.15, 0.2) is 4.42 Å². The SMILES string of the molecule is Cc1nnc(NC(=O)CN2CCCC2C2CCCN2)o1. The Balaban J connectivity index is 1.54. The highest BCUT2D eigenvalue weighted by molar-refractivity contribution is 5.90. The van der Waals surface area contributed by atoms with Crippen LogP contribution in [0.2, 0.25) is 0 Å². The summed E-state index contributed by atoms with van der Waals surface area (Å²) in [6, 6.07) is 1.20. The van der Waals surface area contributed by atoms with Crippen molar-refractivity contribution in [3.8, 4) is 0 Å². The van der Waals surface area contributed by atoms with Crippen molar-refractivity contribution in [2.45, 2.75) is 44.7 Å². The van der Waals surface area contributed by atoms with E-state index in [2.05, 4.69) is 25.7 Å². The molecular formula is C13H21N5O2. The molecule has 2 N–H and O–H groups in total. The van der Waals surface area contributed by atoms with Crippen molar-refractivity contribution in [2.24, 2.45) is 0 Å². The Hall–Kier alpha value is -1.47. The smallest absolute Gasteiger partial charge is 0.322 e. The number of hydrogen-bond donors (Lipinski definition) is 2. The largest absolute Gasteiger partial charge is 0.408 e. The van der Waals surface area contributed by atoms with Crippen molar-refractivity contribution in [3.63, 3.8) is 0 Å². The molecule has 2 unspecified atom stereocenters. The van der Waals surface area contributed by atoms with Gasteiger partial charge in [-0.2, -0.15) is 0 Å². The molecule has 2 aliphatic rings. The molecule has 0 aliphatic carbocycles. The Bertz CT molecular complexity index is 469. The molecule has 20 heavy (non-hydrogen) atoms. The van der Waals surface area contributed by atoms with Crippen molar-refractivity contribution in [1.82, 2.24) is 20.4 Å². The van der Waals surface area contributed by atoms with E-state index in [1.165, 1.54) is 19.3 Å². The maximum atomic E-state index is 12.0. The number of nitrogens with zero attached hydrogens (tertiary/aromatic N) is 3. The van der Waals surface area contributed by atoms with Crippen LogP contribution in [0.25, 0.3) is 0 Å². The maximum Gasteiger partial charge on any atom is 0.322 e. The number of rotatable bonds is 4. The van der Waals surface area contributed by atoms with E-state index >= 15 is 0 Å². The third-order valence-corrected chi connectivity index (χ3v) is 4.10. The predicted molar refractivity (Wildman–Crippen MR) is 73.3 cm³/mol. The molecule has 0 radical (unpaired) electrons. The van der Waals surface area contributed by atoms with Crippen LogP contribution in [-0.2, 0) is 4.79 Å². The van der Waals surface area contributed by atoms with Gasteiger partial charge in [-0.25, -0.2) is 0 Å². The highest BCUT2D eigenvalue weighted by atomic mass is 16.4. The Morgan fingerprint density at radius 2 is 2.35 bits per heavy atom. The highest BCUT2D eigenvalue weighted by Gasteiger charge is 2.34. The number of amides is 1. The molecule has 2 fully saturated rings. The van der Waals surface area contributed by atoms with Crippen LogP contribution in [0.3, 0.4) is 0 Å². The molecule has 3 rings (SSSR count). The van der Waals surface area contributed by atoms with Gasteiger partial charge in [0.25, 0.3) is 0 Å². The second-order valence-corrected chi connectivity index (χ2v) is 5.56. The van der Waals surface area contributed by atoms with Crippen molar-refractivity contribution in [2.75, 3.05) is 25.0 Å². The minimum Gasteiger partial charge on any atom is -0.408 e. The van der Waals surface area contributed by atoms with E-state index in [0.717, 1.165) is 19.5 Å². The van der Waals surface area contributed by atoms with Crippen LogP contribution in [0.4, 0.5) is 6.01 Å². The fourth-order valence-corrected chi connectivity index (χ4v) is 3.23.